The fourth-order valence-corrected chi connectivity index (χ4v) is 5.31. The van der Waals surface area contributed by atoms with Crippen molar-refractivity contribution >= 4 is 44.2 Å². The summed E-state index contributed by atoms with van der Waals surface area (Å²) in [6.45, 7) is 4.96. The molecule has 1 aliphatic rings. The number of benzene rings is 3. The second kappa shape index (κ2) is 8.33. The highest BCUT2D eigenvalue weighted by Crippen LogP contribution is 2.36. The molecule has 0 spiro atoms. The number of aromatic nitrogens is 1. The van der Waals surface area contributed by atoms with E-state index in [1.165, 1.54) is 0 Å². The van der Waals surface area contributed by atoms with Crippen LogP contribution in [0.4, 0.5) is 5.13 Å². The number of aryl methyl sites for hydroxylation is 1. The number of rotatable bonds is 3. The number of hydrogen-bond acceptors (Lipinski definition) is 4. The molecule has 156 valence electrons. The number of piperazine rings is 1. The number of thiazole rings is 1. The molecular weight excluding hydrogens is 426 g/mol. The average molecular weight is 448 g/mol. The molecule has 0 N–H and O–H groups in total. The summed E-state index contributed by atoms with van der Waals surface area (Å²) in [5.74, 6) is 0.0856. The van der Waals surface area contributed by atoms with E-state index in [9.17, 15) is 4.79 Å². The summed E-state index contributed by atoms with van der Waals surface area (Å²) < 4.78 is 1.04. The van der Waals surface area contributed by atoms with Crippen molar-refractivity contribution < 1.29 is 4.79 Å². The lowest BCUT2D eigenvalue weighted by atomic mass is 10.0. The summed E-state index contributed by atoms with van der Waals surface area (Å²) in [6.07, 6.45) is 0. The van der Waals surface area contributed by atoms with Gasteiger partial charge in [0, 0.05) is 31.7 Å². The molecule has 0 bridgehead atoms. The van der Waals surface area contributed by atoms with Gasteiger partial charge in [0.25, 0.3) is 5.91 Å². The monoisotopic (exact) mass is 447 g/mol. The summed E-state index contributed by atoms with van der Waals surface area (Å²) in [7, 11) is 0. The van der Waals surface area contributed by atoms with E-state index in [0.29, 0.717) is 13.1 Å². The highest BCUT2D eigenvalue weighted by atomic mass is 35.5. The molecule has 2 heterocycles. The molecule has 3 aromatic carbocycles. The Morgan fingerprint density at radius 2 is 1.58 bits per heavy atom. The fourth-order valence-electron chi connectivity index (χ4n) is 3.95. The number of halogens is 1. The van der Waals surface area contributed by atoms with Crippen molar-refractivity contribution in [3.8, 4) is 11.1 Å². The molecule has 1 fully saturated rings. The summed E-state index contributed by atoms with van der Waals surface area (Å²) >= 11 is 7.99. The van der Waals surface area contributed by atoms with Crippen LogP contribution in [0.2, 0.25) is 5.02 Å². The Balaban J connectivity index is 1.27. The minimum atomic E-state index is 0.0856. The molecule has 1 amide bonds. The second-order valence-electron chi connectivity index (χ2n) is 7.76. The van der Waals surface area contributed by atoms with Crippen LogP contribution >= 0.6 is 22.9 Å². The molecule has 0 aliphatic carbocycles. The minimum Gasteiger partial charge on any atom is -0.345 e. The van der Waals surface area contributed by atoms with Gasteiger partial charge >= 0.3 is 0 Å². The molecule has 4 nitrogen and oxygen atoms in total. The van der Waals surface area contributed by atoms with E-state index in [1.807, 2.05) is 59.5 Å². The van der Waals surface area contributed by atoms with Crippen molar-refractivity contribution in [2.24, 2.45) is 0 Å². The van der Waals surface area contributed by atoms with Gasteiger partial charge in [0.2, 0.25) is 0 Å². The van der Waals surface area contributed by atoms with Crippen molar-refractivity contribution in [2.45, 2.75) is 6.92 Å². The Bertz CT molecular complexity index is 1190. The molecule has 1 aliphatic heterocycles. The van der Waals surface area contributed by atoms with Gasteiger partial charge in [0.05, 0.1) is 15.2 Å². The van der Waals surface area contributed by atoms with E-state index < -0.39 is 0 Å². The number of fused-ring (bicyclic) bond motifs is 1. The largest absolute Gasteiger partial charge is 0.345 e. The third-order valence-corrected chi connectivity index (χ3v) is 7.34. The van der Waals surface area contributed by atoms with Crippen LogP contribution in [0.1, 0.15) is 15.9 Å². The normalized spacial score (nSPS) is 14.3. The van der Waals surface area contributed by atoms with Gasteiger partial charge in [-0.3, -0.25) is 4.79 Å². The lowest BCUT2D eigenvalue weighted by Crippen LogP contribution is -2.48. The zero-order valence-electron chi connectivity index (χ0n) is 17.2. The van der Waals surface area contributed by atoms with E-state index in [-0.39, 0.29) is 5.91 Å². The first kappa shape index (κ1) is 20.0. The Labute approximate surface area is 190 Å². The van der Waals surface area contributed by atoms with E-state index in [4.69, 9.17) is 16.6 Å². The predicted molar refractivity (Wildman–Crippen MR) is 129 cm³/mol. The van der Waals surface area contributed by atoms with Gasteiger partial charge in [-0.05, 0) is 41.8 Å². The maximum atomic E-state index is 13.0. The van der Waals surface area contributed by atoms with E-state index >= 15 is 0 Å². The number of nitrogens with zero attached hydrogens (tertiary/aromatic N) is 3. The summed E-state index contributed by atoms with van der Waals surface area (Å²) in [5, 5.41) is 1.72. The number of carbonyl (C=O) groups is 1. The molecule has 0 unspecified atom stereocenters. The van der Waals surface area contributed by atoms with E-state index in [0.717, 1.165) is 55.7 Å². The quantitative estimate of drug-likeness (QED) is 0.393. The van der Waals surface area contributed by atoms with Crippen LogP contribution in [0, 0.1) is 6.92 Å². The van der Waals surface area contributed by atoms with Gasteiger partial charge < -0.3 is 9.80 Å². The molecular formula is C25H22ClN3OS. The minimum absolute atomic E-state index is 0.0856. The topological polar surface area (TPSA) is 36.4 Å². The molecule has 1 saturated heterocycles. The second-order valence-corrected chi connectivity index (χ2v) is 9.15. The van der Waals surface area contributed by atoms with Gasteiger partial charge in [-0.25, -0.2) is 4.98 Å². The number of anilines is 1. The van der Waals surface area contributed by atoms with Crippen LogP contribution in [0.15, 0.2) is 66.7 Å². The molecule has 0 radical (unpaired) electrons. The van der Waals surface area contributed by atoms with Crippen LogP contribution in [0.3, 0.4) is 0 Å². The van der Waals surface area contributed by atoms with E-state index in [1.54, 1.807) is 11.3 Å². The number of carbonyl (C=O) groups excluding carboxylic acids is 1. The lowest BCUT2D eigenvalue weighted by Gasteiger charge is -2.34. The Hall–Kier alpha value is -2.89. The SMILES string of the molecule is Cc1ccc(Cl)c2sc(N3CCN(C(=O)c4ccc(-c5ccccc5)cc4)CC3)nc12. The fraction of sp³-hybridized carbons (Fsp3) is 0.200. The zero-order chi connectivity index (χ0) is 21.4. The molecule has 31 heavy (non-hydrogen) atoms. The van der Waals surface area contributed by atoms with E-state index in [2.05, 4.69) is 24.0 Å². The third kappa shape index (κ3) is 3.91. The van der Waals surface area contributed by atoms with Gasteiger partial charge in [-0.2, -0.15) is 0 Å². The summed E-state index contributed by atoms with van der Waals surface area (Å²) in [6, 6.07) is 22.0. The smallest absolute Gasteiger partial charge is 0.253 e. The first-order valence-electron chi connectivity index (χ1n) is 10.4. The maximum Gasteiger partial charge on any atom is 0.253 e. The lowest BCUT2D eigenvalue weighted by molar-refractivity contribution is 0.0747. The zero-order valence-corrected chi connectivity index (χ0v) is 18.8. The van der Waals surface area contributed by atoms with Crippen LogP contribution < -0.4 is 4.90 Å². The molecule has 5 rings (SSSR count). The van der Waals surface area contributed by atoms with Gasteiger partial charge in [0.15, 0.2) is 5.13 Å². The number of amides is 1. The molecule has 4 aromatic rings. The highest BCUT2D eigenvalue weighted by Gasteiger charge is 2.24. The van der Waals surface area contributed by atoms with Crippen LogP contribution in [-0.2, 0) is 0 Å². The number of hydrogen-bond donors (Lipinski definition) is 0. The molecule has 0 saturated carbocycles. The predicted octanol–water partition coefficient (Wildman–Crippen LogP) is 5.89. The average Bonchev–Trinajstić information content (AvgIpc) is 3.29. The first-order chi connectivity index (χ1) is 15.1. The third-order valence-electron chi connectivity index (χ3n) is 5.76. The van der Waals surface area contributed by atoms with Crippen LogP contribution in [0.5, 0.6) is 0 Å². The Morgan fingerprint density at radius 1 is 0.903 bits per heavy atom. The van der Waals surface area contributed by atoms with Crippen molar-refractivity contribution in [3.63, 3.8) is 0 Å². The van der Waals surface area contributed by atoms with Crippen molar-refractivity contribution in [1.29, 1.82) is 0 Å². The van der Waals surface area contributed by atoms with Gasteiger partial charge in [-0.1, -0.05) is 71.5 Å². The summed E-state index contributed by atoms with van der Waals surface area (Å²) in [4.78, 5) is 22.0. The Kier molecular flexibility index (Phi) is 5.38. The Morgan fingerprint density at radius 3 is 2.26 bits per heavy atom. The maximum absolute atomic E-state index is 13.0. The highest BCUT2D eigenvalue weighted by molar-refractivity contribution is 7.22. The van der Waals surface area contributed by atoms with Crippen molar-refractivity contribution in [3.05, 3.63) is 82.9 Å². The van der Waals surface area contributed by atoms with Crippen molar-refractivity contribution in [1.82, 2.24) is 9.88 Å². The van der Waals surface area contributed by atoms with Crippen molar-refractivity contribution in [2.75, 3.05) is 31.1 Å². The van der Waals surface area contributed by atoms with Crippen LogP contribution in [0.25, 0.3) is 21.3 Å². The van der Waals surface area contributed by atoms with Gasteiger partial charge in [-0.15, -0.1) is 0 Å². The first-order valence-corrected chi connectivity index (χ1v) is 11.5. The molecule has 1 aromatic heterocycles. The summed E-state index contributed by atoms with van der Waals surface area (Å²) in [5.41, 5.74) is 5.11. The van der Waals surface area contributed by atoms with Crippen LogP contribution in [-0.4, -0.2) is 42.0 Å². The van der Waals surface area contributed by atoms with Gasteiger partial charge in [0.1, 0.15) is 0 Å². The molecule has 0 atom stereocenters. The molecule has 6 heteroatoms. The standard InChI is InChI=1S/C25H22ClN3OS/c1-17-7-12-21(26)23-22(17)27-25(31-23)29-15-13-28(14-16-29)24(30)20-10-8-19(9-11-20)18-5-3-2-4-6-18/h2-12H,13-16H2,1H3.